The Morgan fingerprint density at radius 2 is 1.76 bits per heavy atom. The van der Waals surface area contributed by atoms with Crippen LogP contribution in [-0.4, -0.2) is 34.5 Å². The summed E-state index contributed by atoms with van der Waals surface area (Å²) in [6.45, 7) is 3.52. The number of halogens is 3. The molecular formula is C23H22BrCl2N3. The van der Waals surface area contributed by atoms with Crippen LogP contribution < -0.4 is 0 Å². The summed E-state index contributed by atoms with van der Waals surface area (Å²) in [7, 11) is 0. The molecule has 1 aromatic heterocycles. The van der Waals surface area contributed by atoms with Crippen LogP contribution in [0.25, 0.3) is 16.6 Å². The Hall–Kier alpha value is -1.33. The first kappa shape index (κ1) is 19.6. The van der Waals surface area contributed by atoms with Gasteiger partial charge in [-0.15, -0.1) is 0 Å². The van der Waals surface area contributed by atoms with Crippen LogP contribution in [0.2, 0.25) is 10.0 Å². The van der Waals surface area contributed by atoms with E-state index in [1.54, 1.807) is 0 Å². The molecule has 1 saturated carbocycles. The third kappa shape index (κ3) is 4.27. The van der Waals surface area contributed by atoms with E-state index in [1.807, 2.05) is 12.1 Å². The number of aromatic nitrogens is 2. The predicted molar refractivity (Wildman–Crippen MR) is 125 cm³/mol. The van der Waals surface area contributed by atoms with Gasteiger partial charge in [0, 0.05) is 29.7 Å². The molecule has 0 amide bonds. The third-order valence-electron chi connectivity index (χ3n) is 5.92. The zero-order valence-electron chi connectivity index (χ0n) is 16.0. The van der Waals surface area contributed by atoms with E-state index in [2.05, 4.69) is 50.1 Å². The number of piperidine rings is 1. The summed E-state index contributed by atoms with van der Waals surface area (Å²) in [4.78, 5) is 11.0. The van der Waals surface area contributed by atoms with Gasteiger partial charge in [0.05, 0.1) is 21.1 Å². The van der Waals surface area contributed by atoms with Crippen LogP contribution >= 0.6 is 39.1 Å². The van der Waals surface area contributed by atoms with Crippen molar-refractivity contribution in [3.05, 3.63) is 67.9 Å². The maximum atomic E-state index is 6.22. The highest BCUT2D eigenvalue weighted by molar-refractivity contribution is 9.10. The summed E-state index contributed by atoms with van der Waals surface area (Å²) in [6, 6.07) is 12.2. The van der Waals surface area contributed by atoms with E-state index < -0.39 is 0 Å². The summed E-state index contributed by atoms with van der Waals surface area (Å²) in [5, 5.41) is 1.07. The van der Waals surface area contributed by atoms with Crippen molar-refractivity contribution in [2.24, 2.45) is 5.92 Å². The van der Waals surface area contributed by atoms with Gasteiger partial charge in [0.25, 0.3) is 0 Å². The zero-order valence-corrected chi connectivity index (χ0v) is 19.1. The van der Waals surface area contributed by atoms with Crippen molar-refractivity contribution < 1.29 is 0 Å². The van der Waals surface area contributed by atoms with Crippen LogP contribution in [0.3, 0.4) is 0 Å². The molecule has 1 aliphatic heterocycles. The minimum atomic E-state index is 0.531. The van der Waals surface area contributed by atoms with Crippen LogP contribution in [0.1, 0.15) is 37.1 Å². The van der Waals surface area contributed by atoms with E-state index in [-0.39, 0.29) is 0 Å². The summed E-state index contributed by atoms with van der Waals surface area (Å²) in [6.07, 6.45) is 4.98. The van der Waals surface area contributed by atoms with Crippen LogP contribution in [0, 0.1) is 5.92 Å². The summed E-state index contributed by atoms with van der Waals surface area (Å²) in [5.74, 6) is 1.84. The van der Waals surface area contributed by atoms with Crippen molar-refractivity contribution >= 4 is 55.7 Å². The van der Waals surface area contributed by atoms with Crippen LogP contribution in [-0.2, 0) is 0 Å². The third-order valence-corrected chi connectivity index (χ3v) is 7.17. The fourth-order valence-electron chi connectivity index (χ4n) is 4.17. The molecule has 5 rings (SSSR count). The molecule has 0 unspecified atom stereocenters. The lowest BCUT2D eigenvalue weighted by molar-refractivity contribution is 0.247. The van der Waals surface area contributed by atoms with Gasteiger partial charge in [0.15, 0.2) is 0 Å². The second-order valence-corrected chi connectivity index (χ2v) is 9.83. The molecule has 2 aliphatic rings. The first-order chi connectivity index (χ1) is 14.1. The molecule has 3 nitrogen and oxygen atoms in total. The van der Waals surface area contributed by atoms with Crippen LogP contribution in [0.4, 0.5) is 0 Å². The lowest BCUT2D eigenvalue weighted by Crippen LogP contribution is -2.32. The minimum absolute atomic E-state index is 0.531. The van der Waals surface area contributed by atoms with Gasteiger partial charge < -0.3 is 9.88 Å². The number of likely N-dealkylation sites (tertiary alicyclic amines) is 1. The highest BCUT2D eigenvalue weighted by Gasteiger charge is 2.27. The van der Waals surface area contributed by atoms with Gasteiger partial charge in [-0.25, -0.2) is 4.98 Å². The van der Waals surface area contributed by atoms with E-state index in [9.17, 15) is 0 Å². The van der Waals surface area contributed by atoms with E-state index in [0.717, 1.165) is 53.2 Å². The molecule has 6 heteroatoms. The van der Waals surface area contributed by atoms with E-state index in [4.69, 9.17) is 28.2 Å². The predicted octanol–water partition coefficient (Wildman–Crippen LogP) is 6.94. The molecule has 3 aromatic rings. The number of nitrogens with zero attached hydrogens (tertiary/aromatic N) is 2. The van der Waals surface area contributed by atoms with E-state index in [1.165, 1.54) is 36.1 Å². The fourth-order valence-corrected chi connectivity index (χ4v) is 4.76. The van der Waals surface area contributed by atoms with Gasteiger partial charge in [-0.1, -0.05) is 56.8 Å². The van der Waals surface area contributed by atoms with Crippen molar-refractivity contribution in [2.75, 3.05) is 19.6 Å². The molecule has 1 saturated heterocycles. The van der Waals surface area contributed by atoms with Gasteiger partial charge in [-0.2, -0.15) is 0 Å². The number of imidazole rings is 1. The summed E-state index contributed by atoms with van der Waals surface area (Å²) < 4.78 is 1.08. The van der Waals surface area contributed by atoms with Gasteiger partial charge in [-0.3, -0.25) is 0 Å². The first-order valence-corrected chi connectivity index (χ1v) is 11.7. The second-order valence-electron chi connectivity index (χ2n) is 8.10. The monoisotopic (exact) mass is 489 g/mol. The zero-order chi connectivity index (χ0) is 20.0. The fraction of sp³-hybridized carbons (Fsp3) is 0.348. The Labute approximate surface area is 189 Å². The largest absolute Gasteiger partial charge is 0.338 e. The molecule has 2 heterocycles. The van der Waals surface area contributed by atoms with Gasteiger partial charge >= 0.3 is 0 Å². The number of aromatic amines is 1. The Morgan fingerprint density at radius 3 is 2.45 bits per heavy atom. The molecule has 2 fully saturated rings. The Morgan fingerprint density at radius 1 is 1.07 bits per heavy atom. The number of nitrogens with one attached hydrogen (secondary N) is 1. The molecule has 1 N–H and O–H groups in total. The average Bonchev–Trinajstić information content (AvgIpc) is 3.44. The van der Waals surface area contributed by atoms with Gasteiger partial charge in [0.2, 0.25) is 0 Å². The number of fused-ring (bicyclic) bond motifs is 1. The van der Waals surface area contributed by atoms with Crippen molar-refractivity contribution in [2.45, 2.75) is 25.7 Å². The maximum absolute atomic E-state index is 6.22. The maximum Gasteiger partial charge on any atom is 0.139 e. The number of H-pyrrole nitrogens is 1. The van der Waals surface area contributed by atoms with Gasteiger partial charge in [-0.05, 0) is 61.4 Å². The van der Waals surface area contributed by atoms with Crippen molar-refractivity contribution in [1.29, 1.82) is 0 Å². The Kier molecular flexibility index (Phi) is 5.46. The van der Waals surface area contributed by atoms with Crippen molar-refractivity contribution in [1.82, 2.24) is 14.9 Å². The van der Waals surface area contributed by atoms with Crippen LogP contribution in [0.15, 0.2) is 46.4 Å². The molecule has 150 valence electrons. The Bertz CT molecular complexity index is 1030. The molecule has 0 atom stereocenters. The van der Waals surface area contributed by atoms with Crippen molar-refractivity contribution in [3.8, 4) is 0 Å². The summed E-state index contributed by atoms with van der Waals surface area (Å²) in [5.41, 5.74) is 5.63. The minimum Gasteiger partial charge on any atom is -0.338 e. The van der Waals surface area contributed by atoms with E-state index >= 15 is 0 Å². The highest BCUT2D eigenvalue weighted by Crippen LogP contribution is 2.36. The van der Waals surface area contributed by atoms with Gasteiger partial charge in [0.1, 0.15) is 5.82 Å². The molecule has 0 radical (unpaired) electrons. The molecular weight excluding hydrogens is 469 g/mol. The molecule has 2 aromatic carbocycles. The number of hydrogen-bond donors (Lipinski definition) is 1. The van der Waals surface area contributed by atoms with Crippen LogP contribution in [0.5, 0.6) is 0 Å². The second kappa shape index (κ2) is 8.07. The highest BCUT2D eigenvalue weighted by atomic mass is 79.9. The topological polar surface area (TPSA) is 31.9 Å². The quantitative estimate of drug-likeness (QED) is 0.429. The standard InChI is InChI=1S/C23H22BrCl2N3/c24-17-5-3-15(4-6-17)22(16-7-9-29(10-8-16)13-14-1-2-14)23-27-20-11-18(25)19(26)12-21(20)28-23/h3-6,11-12,14H,1-2,7-10,13H2,(H,27,28). The molecule has 0 bridgehead atoms. The lowest BCUT2D eigenvalue weighted by Gasteiger charge is -2.29. The molecule has 1 aliphatic carbocycles. The molecule has 29 heavy (non-hydrogen) atoms. The Balaban J connectivity index is 1.54. The lowest BCUT2D eigenvalue weighted by atomic mass is 9.92. The first-order valence-electron chi connectivity index (χ1n) is 10.1. The van der Waals surface area contributed by atoms with Crippen molar-refractivity contribution in [3.63, 3.8) is 0 Å². The SMILES string of the molecule is Clc1cc2nc(C(=C3CCN(CC4CC4)CC3)c3ccc(Br)cc3)[nH]c2cc1Cl. The number of rotatable bonds is 4. The normalized spacial score (nSPS) is 17.8. The van der Waals surface area contributed by atoms with E-state index in [0.29, 0.717) is 10.0 Å². The molecule has 0 spiro atoms. The average molecular weight is 491 g/mol. The number of benzene rings is 2. The smallest absolute Gasteiger partial charge is 0.139 e. The summed E-state index contributed by atoms with van der Waals surface area (Å²) >= 11 is 16.0. The number of hydrogen-bond acceptors (Lipinski definition) is 2.